The van der Waals surface area contributed by atoms with Crippen molar-refractivity contribution in [3.8, 4) is 5.75 Å². The molecule has 0 atom stereocenters. The topological polar surface area (TPSA) is 115 Å². The Morgan fingerprint density at radius 2 is 2.24 bits per heavy atom. The Morgan fingerprint density at radius 3 is 2.86 bits per heavy atom. The molecular weight excluding hydrogens is 298 g/mol. The molecule has 2 rings (SSSR count). The first-order valence-corrected chi connectivity index (χ1v) is 7.58. The van der Waals surface area contributed by atoms with E-state index in [1.807, 2.05) is 0 Å². The van der Waals surface area contributed by atoms with E-state index in [-0.39, 0.29) is 23.8 Å². The summed E-state index contributed by atoms with van der Waals surface area (Å²) in [7, 11) is -2.35. The van der Waals surface area contributed by atoms with Crippen molar-refractivity contribution in [1.82, 2.24) is 14.9 Å². The molecule has 0 spiro atoms. The maximum atomic E-state index is 12.2. The van der Waals surface area contributed by atoms with Gasteiger partial charge in [0.05, 0.1) is 13.7 Å². The molecule has 9 heteroatoms. The van der Waals surface area contributed by atoms with E-state index >= 15 is 0 Å². The van der Waals surface area contributed by atoms with Crippen LogP contribution in [0.5, 0.6) is 5.75 Å². The van der Waals surface area contributed by atoms with E-state index in [4.69, 9.17) is 9.84 Å². The minimum Gasteiger partial charge on any atom is -0.495 e. The zero-order chi connectivity index (χ0) is 15.3. The van der Waals surface area contributed by atoms with E-state index in [1.165, 1.54) is 31.7 Å². The first-order chi connectivity index (χ1) is 10.1. The van der Waals surface area contributed by atoms with Gasteiger partial charge in [0.25, 0.3) is 0 Å². The standard InChI is InChI=1S/C12H15N3O5S/c1-19-10-6-9(7-16)2-3-11(10)21(17,18)14-5-4-12-13-8-20-15-12/h2-3,6,8,14,16H,4-5,7H2,1H3. The van der Waals surface area contributed by atoms with Crippen molar-refractivity contribution in [1.29, 1.82) is 0 Å². The van der Waals surface area contributed by atoms with Crippen LogP contribution in [0, 0.1) is 0 Å². The molecular formula is C12H15N3O5S. The highest BCUT2D eigenvalue weighted by atomic mass is 32.2. The van der Waals surface area contributed by atoms with Gasteiger partial charge in [-0.1, -0.05) is 11.2 Å². The van der Waals surface area contributed by atoms with E-state index in [0.717, 1.165) is 0 Å². The quantitative estimate of drug-likeness (QED) is 0.744. The maximum Gasteiger partial charge on any atom is 0.244 e. The van der Waals surface area contributed by atoms with Gasteiger partial charge in [-0.25, -0.2) is 13.1 Å². The van der Waals surface area contributed by atoms with Gasteiger partial charge in [0.15, 0.2) is 5.82 Å². The Labute approximate surface area is 121 Å². The lowest BCUT2D eigenvalue weighted by Crippen LogP contribution is -2.26. The molecule has 0 saturated carbocycles. The molecule has 2 N–H and O–H groups in total. The molecule has 1 aromatic heterocycles. The summed E-state index contributed by atoms with van der Waals surface area (Å²) in [6.45, 7) is -0.0608. The summed E-state index contributed by atoms with van der Waals surface area (Å²) in [5, 5.41) is 12.6. The van der Waals surface area contributed by atoms with Gasteiger partial charge in [-0.05, 0) is 17.7 Å². The summed E-state index contributed by atoms with van der Waals surface area (Å²) < 4.78 is 36.5. The summed E-state index contributed by atoms with van der Waals surface area (Å²) in [4.78, 5) is 3.81. The zero-order valence-electron chi connectivity index (χ0n) is 11.3. The molecule has 0 amide bonds. The number of rotatable bonds is 7. The number of aliphatic hydroxyl groups is 1. The molecule has 0 fully saturated rings. The zero-order valence-corrected chi connectivity index (χ0v) is 12.1. The van der Waals surface area contributed by atoms with Gasteiger partial charge in [0, 0.05) is 13.0 Å². The van der Waals surface area contributed by atoms with Crippen molar-refractivity contribution < 1.29 is 22.8 Å². The van der Waals surface area contributed by atoms with E-state index in [1.54, 1.807) is 0 Å². The predicted octanol–water partition coefficient (Wildman–Crippen LogP) is 0.0915. The first kappa shape index (κ1) is 15.4. The van der Waals surface area contributed by atoms with Crippen molar-refractivity contribution in [2.75, 3.05) is 13.7 Å². The second kappa shape index (κ2) is 6.66. The van der Waals surface area contributed by atoms with Crippen LogP contribution in [0.3, 0.4) is 0 Å². The van der Waals surface area contributed by atoms with Crippen LogP contribution in [0.2, 0.25) is 0 Å². The number of ether oxygens (including phenoxy) is 1. The Bertz CT molecular complexity index is 685. The van der Waals surface area contributed by atoms with Crippen LogP contribution in [0.25, 0.3) is 0 Å². The van der Waals surface area contributed by atoms with Crippen LogP contribution in [0.1, 0.15) is 11.4 Å². The van der Waals surface area contributed by atoms with Crippen LogP contribution < -0.4 is 9.46 Å². The Kier molecular flexibility index (Phi) is 4.89. The number of nitrogens with zero attached hydrogens (tertiary/aromatic N) is 2. The van der Waals surface area contributed by atoms with E-state index < -0.39 is 10.0 Å². The minimum absolute atomic E-state index is 0.00955. The lowest BCUT2D eigenvalue weighted by Gasteiger charge is -2.11. The maximum absolute atomic E-state index is 12.2. The van der Waals surface area contributed by atoms with E-state index in [0.29, 0.717) is 17.8 Å². The normalized spacial score (nSPS) is 11.5. The smallest absolute Gasteiger partial charge is 0.244 e. The number of methoxy groups -OCH3 is 1. The highest BCUT2D eigenvalue weighted by molar-refractivity contribution is 7.89. The largest absolute Gasteiger partial charge is 0.495 e. The molecule has 0 aliphatic heterocycles. The monoisotopic (exact) mass is 313 g/mol. The van der Waals surface area contributed by atoms with Crippen molar-refractivity contribution in [2.24, 2.45) is 0 Å². The number of nitrogens with one attached hydrogen (secondary N) is 1. The third-order valence-electron chi connectivity index (χ3n) is 2.75. The van der Waals surface area contributed by atoms with Gasteiger partial charge in [0.1, 0.15) is 10.6 Å². The van der Waals surface area contributed by atoms with Crippen LogP contribution in [0.15, 0.2) is 34.0 Å². The number of benzene rings is 1. The molecule has 0 radical (unpaired) electrons. The van der Waals surface area contributed by atoms with E-state index in [9.17, 15) is 8.42 Å². The second-order valence-electron chi connectivity index (χ2n) is 4.14. The summed E-state index contributed by atoms with van der Waals surface area (Å²) in [5.41, 5.74) is 0.567. The lowest BCUT2D eigenvalue weighted by atomic mass is 10.2. The Hall–Kier alpha value is -1.97. The molecule has 0 bridgehead atoms. The fourth-order valence-electron chi connectivity index (χ4n) is 1.71. The van der Waals surface area contributed by atoms with Gasteiger partial charge in [0.2, 0.25) is 16.4 Å². The van der Waals surface area contributed by atoms with Crippen molar-refractivity contribution in [3.63, 3.8) is 0 Å². The SMILES string of the molecule is COc1cc(CO)ccc1S(=O)(=O)NCCc1ncon1. The minimum atomic E-state index is -3.72. The van der Waals surface area contributed by atoms with Crippen molar-refractivity contribution in [2.45, 2.75) is 17.9 Å². The fourth-order valence-corrected chi connectivity index (χ4v) is 2.89. The van der Waals surface area contributed by atoms with Crippen molar-refractivity contribution in [3.05, 3.63) is 36.0 Å². The fraction of sp³-hybridized carbons (Fsp3) is 0.333. The molecule has 114 valence electrons. The van der Waals surface area contributed by atoms with Crippen LogP contribution in [-0.4, -0.2) is 37.3 Å². The molecule has 8 nitrogen and oxygen atoms in total. The molecule has 0 unspecified atom stereocenters. The summed E-state index contributed by atoms with van der Waals surface area (Å²) in [5.74, 6) is 0.592. The average Bonchev–Trinajstić information content (AvgIpc) is 2.99. The highest BCUT2D eigenvalue weighted by Gasteiger charge is 2.19. The third kappa shape index (κ3) is 3.78. The average molecular weight is 313 g/mol. The summed E-state index contributed by atoms with van der Waals surface area (Å²) >= 11 is 0. The highest BCUT2D eigenvalue weighted by Crippen LogP contribution is 2.24. The second-order valence-corrected chi connectivity index (χ2v) is 5.87. The van der Waals surface area contributed by atoms with Crippen LogP contribution in [0.4, 0.5) is 0 Å². The number of hydrogen-bond acceptors (Lipinski definition) is 7. The number of aromatic nitrogens is 2. The number of hydrogen-bond donors (Lipinski definition) is 2. The summed E-state index contributed by atoms with van der Waals surface area (Å²) in [6.07, 6.45) is 1.49. The summed E-state index contributed by atoms with van der Waals surface area (Å²) in [6, 6.07) is 4.39. The predicted molar refractivity (Wildman–Crippen MR) is 72.1 cm³/mol. The molecule has 0 saturated heterocycles. The van der Waals surface area contributed by atoms with Gasteiger partial charge in [-0.3, -0.25) is 0 Å². The van der Waals surface area contributed by atoms with Gasteiger partial charge in [-0.2, -0.15) is 4.98 Å². The molecule has 0 aliphatic carbocycles. The molecule has 1 aromatic carbocycles. The lowest BCUT2D eigenvalue weighted by molar-refractivity contribution is 0.280. The molecule has 0 aliphatic rings. The number of sulfonamides is 1. The van der Waals surface area contributed by atoms with Gasteiger partial charge >= 0.3 is 0 Å². The van der Waals surface area contributed by atoms with Crippen molar-refractivity contribution >= 4 is 10.0 Å². The van der Waals surface area contributed by atoms with Crippen LogP contribution >= 0.6 is 0 Å². The third-order valence-corrected chi connectivity index (χ3v) is 4.25. The van der Waals surface area contributed by atoms with E-state index in [2.05, 4.69) is 19.4 Å². The van der Waals surface area contributed by atoms with Gasteiger partial charge < -0.3 is 14.4 Å². The Morgan fingerprint density at radius 1 is 1.43 bits per heavy atom. The van der Waals surface area contributed by atoms with Crippen LogP contribution in [-0.2, 0) is 23.1 Å². The van der Waals surface area contributed by atoms with Gasteiger partial charge in [-0.15, -0.1) is 0 Å². The molecule has 21 heavy (non-hydrogen) atoms. The molecule has 2 aromatic rings. The first-order valence-electron chi connectivity index (χ1n) is 6.09. The Balaban J connectivity index is 2.11. The number of aliphatic hydroxyl groups excluding tert-OH is 1. The molecule has 1 heterocycles.